The molecule has 1 aromatic carbocycles. The van der Waals surface area contributed by atoms with Gasteiger partial charge in [-0.25, -0.2) is 0 Å². The second-order valence-corrected chi connectivity index (χ2v) is 6.38. The predicted molar refractivity (Wildman–Crippen MR) is 85.5 cm³/mol. The minimum atomic E-state index is -0.378. The number of nitrogens with zero attached hydrogens (tertiary/aromatic N) is 2. The third kappa shape index (κ3) is 3.48. The minimum Gasteiger partial charge on any atom is -0.392 e. The van der Waals surface area contributed by atoms with Crippen LogP contribution in [-0.4, -0.2) is 65.7 Å². The second-order valence-electron chi connectivity index (χ2n) is 6.38. The Hall–Kier alpha value is -1.43. The molecule has 0 bridgehead atoms. The Balaban J connectivity index is 1.50. The van der Waals surface area contributed by atoms with E-state index in [1.54, 1.807) is 0 Å². The number of nitrogens with one attached hydrogen (secondary N) is 1. The molecule has 2 atom stereocenters. The fourth-order valence-corrected chi connectivity index (χ4v) is 3.28. The monoisotopic (exact) mass is 303 g/mol. The van der Waals surface area contributed by atoms with E-state index >= 15 is 0 Å². The summed E-state index contributed by atoms with van der Waals surface area (Å²) in [5.74, 6) is 0.145. The van der Waals surface area contributed by atoms with Gasteiger partial charge in [0.2, 0.25) is 5.91 Å². The van der Waals surface area contributed by atoms with E-state index in [0.29, 0.717) is 13.0 Å². The van der Waals surface area contributed by atoms with Crippen molar-refractivity contribution in [2.45, 2.75) is 32.0 Å². The van der Waals surface area contributed by atoms with Gasteiger partial charge in [-0.3, -0.25) is 9.69 Å². The first-order valence-electron chi connectivity index (χ1n) is 8.10. The zero-order valence-corrected chi connectivity index (χ0v) is 13.2. The maximum Gasteiger partial charge on any atom is 0.239 e. The van der Waals surface area contributed by atoms with Crippen molar-refractivity contribution in [3.63, 3.8) is 0 Å². The molecule has 2 N–H and O–H groups in total. The van der Waals surface area contributed by atoms with Gasteiger partial charge in [-0.2, -0.15) is 0 Å². The van der Waals surface area contributed by atoms with Crippen LogP contribution in [0.5, 0.6) is 0 Å². The zero-order valence-electron chi connectivity index (χ0n) is 13.2. The van der Waals surface area contributed by atoms with Gasteiger partial charge in [0.05, 0.1) is 12.1 Å². The summed E-state index contributed by atoms with van der Waals surface area (Å²) in [6.07, 6.45) is 0.165. The first kappa shape index (κ1) is 15.5. The van der Waals surface area contributed by atoms with Crippen molar-refractivity contribution < 1.29 is 9.90 Å². The molecule has 1 amide bonds. The van der Waals surface area contributed by atoms with E-state index in [0.717, 1.165) is 32.7 Å². The molecule has 0 radical (unpaired) electrons. The Morgan fingerprint density at radius 2 is 2.00 bits per heavy atom. The Morgan fingerprint density at radius 3 is 2.64 bits per heavy atom. The summed E-state index contributed by atoms with van der Waals surface area (Å²) in [6, 6.07) is 8.28. The van der Waals surface area contributed by atoms with E-state index in [9.17, 15) is 9.90 Å². The van der Waals surface area contributed by atoms with Crippen LogP contribution >= 0.6 is 0 Å². The number of carbonyl (C=O) groups is 1. The fourth-order valence-electron chi connectivity index (χ4n) is 3.28. The molecule has 22 heavy (non-hydrogen) atoms. The maximum absolute atomic E-state index is 12.4. The maximum atomic E-state index is 12.4. The third-order valence-electron chi connectivity index (χ3n) is 4.74. The molecule has 5 nitrogen and oxygen atoms in total. The molecule has 5 heteroatoms. The van der Waals surface area contributed by atoms with Gasteiger partial charge in [-0.1, -0.05) is 24.3 Å². The molecule has 2 unspecified atom stereocenters. The highest BCUT2D eigenvalue weighted by Gasteiger charge is 2.32. The number of aliphatic hydroxyl groups is 1. The lowest BCUT2D eigenvalue weighted by molar-refractivity contribution is -0.135. The number of benzene rings is 1. The number of carbonyl (C=O) groups excluding carboxylic acids is 1. The number of β-amino-alcohol motifs (C(OH)–C–C–N with tert-alkyl or cyclic N) is 1. The van der Waals surface area contributed by atoms with Crippen LogP contribution in [0.4, 0.5) is 0 Å². The summed E-state index contributed by atoms with van der Waals surface area (Å²) in [4.78, 5) is 16.7. The molecule has 3 rings (SSSR count). The van der Waals surface area contributed by atoms with Crippen LogP contribution in [0.3, 0.4) is 0 Å². The molecule has 2 aliphatic heterocycles. The summed E-state index contributed by atoms with van der Waals surface area (Å²) in [5, 5.41) is 12.6. The molecule has 2 heterocycles. The molecule has 2 fully saturated rings. The van der Waals surface area contributed by atoms with Gasteiger partial charge in [0.25, 0.3) is 0 Å². The van der Waals surface area contributed by atoms with Gasteiger partial charge in [-0.15, -0.1) is 0 Å². The van der Waals surface area contributed by atoms with E-state index in [4.69, 9.17) is 0 Å². The Labute approximate surface area is 131 Å². The first-order valence-corrected chi connectivity index (χ1v) is 8.10. The smallest absolute Gasteiger partial charge is 0.239 e. The second kappa shape index (κ2) is 6.77. The van der Waals surface area contributed by atoms with E-state index in [1.807, 2.05) is 4.90 Å². The number of hydrogen-bond acceptors (Lipinski definition) is 4. The highest BCUT2D eigenvalue weighted by molar-refractivity contribution is 5.82. The number of hydrogen-bond donors (Lipinski definition) is 2. The molecular weight excluding hydrogens is 278 g/mol. The van der Waals surface area contributed by atoms with Crippen molar-refractivity contribution >= 4 is 5.91 Å². The number of rotatable bonds is 3. The Kier molecular flexibility index (Phi) is 4.76. The van der Waals surface area contributed by atoms with Crippen LogP contribution in [-0.2, 0) is 11.3 Å². The first-order chi connectivity index (χ1) is 10.6. The number of amides is 1. The van der Waals surface area contributed by atoms with Crippen molar-refractivity contribution in [2.24, 2.45) is 0 Å². The number of aliphatic hydroxyl groups excluding tert-OH is 1. The van der Waals surface area contributed by atoms with Gasteiger partial charge < -0.3 is 15.3 Å². The molecule has 0 spiro atoms. The number of aryl methyl sites for hydroxylation is 1. The van der Waals surface area contributed by atoms with Crippen LogP contribution in [0.15, 0.2) is 24.3 Å². The van der Waals surface area contributed by atoms with Crippen molar-refractivity contribution in [2.75, 3.05) is 32.7 Å². The topological polar surface area (TPSA) is 55.8 Å². The van der Waals surface area contributed by atoms with E-state index < -0.39 is 0 Å². The normalized spacial score (nSPS) is 26.4. The van der Waals surface area contributed by atoms with Crippen LogP contribution in [0.1, 0.15) is 17.5 Å². The highest BCUT2D eigenvalue weighted by atomic mass is 16.3. The van der Waals surface area contributed by atoms with E-state index in [-0.39, 0.29) is 18.1 Å². The summed E-state index contributed by atoms with van der Waals surface area (Å²) < 4.78 is 0. The molecule has 2 saturated heterocycles. The molecule has 0 aromatic heterocycles. The lowest BCUT2D eigenvalue weighted by Crippen LogP contribution is -2.52. The lowest BCUT2D eigenvalue weighted by atomic mass is 10.1. The van der Waals surface area contributed by atoms with Crippen molar-refractivity contribution in [3.8, 4) is 0 Å². The van der Waals surface area contributed by atoms with Crippen LogP contribution in [0.2, 0.25) is 0 Å². The summed E-state index contributed by atoms with van der Waals surface area (Å²) in [7, 11) is 0. The van der Waals surface area contributed by atoms with E-state index in [1.165, 1.54) is 11.1 Å². The minimum absolute atomic E-state index is 0.145. The van der Waals surface area contributed by atoms with Gasteiger partial charge in [-0.05, 0) is 24.5 Å². The van der Waals surface area contributed by atoms with Crippen molar-refractivity contribution in [1.29, 1.82) is 0 Å². The summed E-state index contributed by atoms with van der Waals surface area (Å²) in [6.45, 7) is 7.01. The summed E-state index contributed by atoms with van der Waals surface area (Å²) in [5.41, 5.74) is 2.69. The number of piperazine rings is 1. The van der Waals surface area contributed by atoms with Gasteiger partial charge in [0.1, 0.15) is 0 Å². The molecule has 0 saturated carbocycles. The third-order valence-corrected chi connectivity index (χ3v) is 4.74. The van der Waals surface area contributed by atoms with Gasteiger partial charge in [0.15, 0.2) is 0 Å². The van der Waals surface area contributed by atoms with Crippen molar-refractivity contribution in [3.05, 3.63) is 35.4 Å². The largest absolute Gasteiger partial charge is 0.392 e. The average Bonchev–Trinajstić information content (AvgIpc) is 2.96. The van der Waals surface area contributed by atoms with Crippen molar-refractivity contribution in [1.82, 2.24) is 15.1 Å². The average molecular weight is 303 g/mol. The van der Waals surface area contributed by atoms with Gasteiger partial charge in [0, 0.05) is 39.3 Å². The Bertz CT molecular complexity index is 526. The molecular formula is C17H25N3O2. The molecule has 1 aromatic rings. The SMILES string of the molecule is Cc1ccccc1CN1CCN(C(=O)C2CC(O)CN2)CC1. The van der Waals surface area contributed by atoms with Crippen LogP contribution in [0.25, 0.3) is 0 Å². The van der Waals surface area contributed by atoms with Crippen LogP contribution < -0.4 is 5.32 Å². The quantitative estimate of drug-likeness (QED) is 0.847. The lowest BCUT2D eigenvalue weighted by Gasteiger charge is -2.36. The highest BCUT2D eigenvalue weighted by Crippen LogP contribution is 2.15. The predicted octanol–water partition coefficient (Wildman–Crippen LogP) is 0.362. The zero-order chi connectivity index (χ0) is 15.5. The van der Waals surface area contributed by atoms with E-state index in [2.05, 4.69) is 41.4 Å². The molecule has 2 aliphatic rings. The molecule has 120 valence electrons. The molecule has 0 aliphatic carbocycles. The standard InChI is InChI=1S/C17H25N3O2/c1-13-4-2-3-5-14(13)12-19-6-8-20(9-7-19)17(22)16-10-15(21)11-18-16/h2-5,15-16,18,21H,6-12H2,1H3. The van der Waals surface area contributed by atoms with Gasteiger partial charge >= 0.3 is 0 Å². The summed E-state index contributed by atoms with van der Waals surface area (Å²) >= 11 is 0. The Morgan fingerprint density at radius 1 is 1.27 bits per heavy atom. The fraction of sp³-hybridized carbons (Fsp3) is 0.588. The van der Waals surface area contributed by atoms with Crippen LogP contribution in [0, 0.1) is 6.92 Å².